The topological polar surface area (TPSA) is 59.4 Å². The summed E-state index contributed by atoms with van der Waals surface area (Å²) in [4.78, 5) is 14.5. The van der Waals surface area contributed by atoms with E-state index >= 15 is 0 Å². The van der Waals surface area contributed by atoms with E-state index < -0.39 is 0 Å². The Morgan fingerprint density at radius 2 is 2.04 bits per heavy atom. The van der Waals surface area contributed by atoms with Crippen molar-refractivity contribution in [3.63, 3.8) is 0 Å². The molecule has 1 amide bonds. The molecule has 24 heavy (non-hydrogen) atoms. The molecule has 0 saturated carbocycles. The molecule has 3 rings (SSSR count). The maximum Gasteiger partial charge on any atom is 0.274 e. The number of aromatic nitrogens is 2. The Balaban J connectivity index is 0.00000208. The third-order valence-corrected chi connectivity index (χ3v) is 4.08. The summed E-state index contributed by atoms with van der Waals surface area (Å²) < 4.78 is 6.96. The lowest BCUT2D eigenvalue weighted by molar-refractivity contribution is 0.0702. The maximum absolute atomic E-state index is 12.6. The molecule has 1 aliphatic rings. The molecule has 1 atom stereocenters. The van der Waals surface area contributed by atoms with Gasteiger partial charge in [-0.15, -0.1) is 12.4 Å². The fourth-order valence-electron chi connectivity index (χ4n) is 2.84. The first-order chi connectivity index (χ1) is 11.1. The van der Waals surface area contributed by atoms with Crippen molar-refractivity contribution in [2.24, 2.45) is 0 Å². The van der Waals surface area contributed by atoms with Crippen molar-refractivity contribution in [2.75, 3.05) is 26.7 Å². The van der Waals surface area contributed by atoms with Crippen LogP contribution < -0.4 is 10.1 Å². The lowest BCUT2D eigenvalue weighted by atomic mass is 10.2. The highest BCUT2D eigenvalue weighted by atomic mass is 35.5. The van der Waals surface area contributed by atoms with Crippen molar-refractivity contribution < 1.29 is 9.53 Å². The second-order valence-electron chi connectivity index (χ2n) is 5.89. The number of halogens is 1. The minimum absolute atomic E-state index is 0. The van der Waals surface area contributed by atoms with Crippen LogP contribution in [0.1, 0.15) is 23.1 Å². The van der Waals surface area contributed by atoms with Crippen molar-refractivity contribution in [3.8, 4) is 11.4 Å². The Morgan fingerprint density at radius 3 is 2.67 bits per heavy atom. The predicted molar refractivity (Wildman–Crippen MR) is 95.5 cm³/mol. The van der Waals surface area contributed by atoms with Gasteiger partial charge in [0.1, 0.15) is 5.75 Å². The summed E-state index contributed by atoms with van der Waals surface area (Å²) >= 11 is 0. The van der Waals surface area contributed by atoms with Crippen molar-refractivity contribution >= 4 is 18.3 Å². The van der Waals surface area contributed by atoms with E-state index in [0.717, 1.165) is 30.2 Å². The molecule has 0 unspecified atom stereocenters. The van der Waals surface area contributed by atoms with Gasteiger partial charge < -0.3 is 15.0 Å². The van der Waals surface area contributed by atoms with Crippen LogP contribution in [0, 0.1) is 6.92 Å². The van der Waals surface area contributed by atoms with Crippen LogP contribution in [-0.2, 0) is 0 Å². The van der Waals surface area contributed by atoms with Crippen LogP contribution in [0.2, 0.25) is 0 Å². The largest absolute Gasteiger partial charge is 0.497 e. The number of aryl methyl sites for hydroxylation is 1. The van der Waals surface area contributed by atoms with Gasteiger partial charge >= 0.3 is 0 Å². The third-order valence-electron chi connectivity index (χ3n) is 4.08. The van der Waals surface area contributed by atoms with E-state index in [2.05, 4.69) is 17.3 Å². The van der Waals surface area contributed by atoms with Crippen LogP contribution >= 0.6 is 12.4 Å². The Labute approximate surface area is 148 Å². The molecule has 130 valence electrons. The van der Waals surface area contributed by atoms with E-state index in [1.54, 1.807) is 11.8 Å². The molecule has 0 spiro atoms. The average Bonchev–Trinajstić information content (AvgIpc) is 2.96. The highest BCUT2D eigenvalue weighted by Gasteiger charge is 2.24. The van der Waals surface area contributed by atoms with Crippen LogP contribution in [-0.4, -0.2) is 53.4 Å². The van der Waals surface area contributed by atoms with E-state index in [4.69, 9.17) is 4.74 Å². The van der Waals surface area contributed by atoms with Gasteiger partial charge in [-0.1, -0.05) is 0 Å². The molecule has 1 N–H and O–H groups in total. The van der Waals surface area contributed by atoms with Crippen LogP contribution in [0.15, 0.2) is 30.3 Å². The monoisotopic (exact) mass is 350 g/mol. The molecule has 0 bridgehead atoms. The first-order valence-corrected chi connectivity index (χ1v) is 7.82. The van der Waals surface area contributed by atoms with Gasteiger partial charge in [-0.2, -0.15) is 5.10 Å². The fraction of sp³-hybridized carbons (Fsp3) is 0.412. The van der Waals surface area contributed by atoms with E-state index in [-0.39, 0.29) is 18.3 Å². The van der Waals surface area contributed by atoms with Gasteiger partial charge in [0, 0.05) is 31.4 Å². The number of amides is 1. The van der Waals surface area contributed by atoms with Gasteiger partial charge in [0.2, 0.25) is 0 Å². The molecular formula is C17H23ClN4O2. The Morgan fingerprint density at radius 1 is 1.33 bits per heavy atom. The molecule has 1 saturated heterocycles. The van der Waals surface area contributed by atoms with Gasteiger partial charge in [-0.25, -0.2) is 4.68 Å². The highest BCUT2D eigenvalue weighted by molar-refractivity contribution is 5.92. The molecule has 7 heteroatoms. The summed E-state index contributed by atoms with van der Waals surface area (Å²) in [5, 5.41) is 7.84. The number of hydrogen-bond acceptors (Lipinski definition) is 4. The van der Waals surface area contributed by atoms with Crippen molar-refractivity contribution in [1.29, 1.82) is 0 Å². The van der Waals surface area contributed by atoms with Crippen LogP contribution in [0.5, 0.6) is 5.75 Å². The number of nitrogens with zero attached hydrogens (tertiary/aromatic N) is 3. The zero-order chi connectivity index (χ0) is 16.4. The summed E-state index contributed by atoms with van der Waals surface area (Å²) in [7, 11) is 1.64. The van der Waals surface area contributed by atoms with E-state index in [0.29, 0.717) is 18.3 Å². The van der Waals surface area contributed by atoms with Crippen molar-refractivity contribution in [2.45, 2.75) is 19.9 Å². The molecule has 0 radical (unpaired) electrons. The van der Waals surface area contributed by atoms with Crippen LogP contribution in [0.25, 0.3) is 5.69 Å². The van der Waals surface area contributed by atoms with Gasteiger partial charge in [0.05, 0.1) is 12.8 Å². The number of piperazine rings is 1. The number of rotatable bonds is 3. The maximum atomic E-state index is 12.6. The molecular weight excluding hydrogens is 328 g/mol. The SMILES string of the molecule is COc1ccc(-n2nc(C(=O)N3CCN[C@H](C)C3)cc2C)cc1.Cl. The van der Waals surface area contributed by atoms with Crippen molar-refractivity contribution in [1.82, 2.24) is 20.0 Å². The number of carbonyl (C=O) groups excluding carboxylic acids is 1. The predicted octanol–water partition coefficient (Wildman–Crippen LogP) is 2.05. The summed E-state index contributed by atoms with van der Waals surface area (Å²) in [5.41, 5.74) is 2.34. The van der Waals surface area contributed by atoms with Gasteiger partial charge in [-0.3, -0.25) is 4.79 Å². The fourth-order valence-corrected chi connectivity index (χ4v) is 2.84. The number of ether oxygens (including phenoxy) is 1. The van der Waals surface area contributed by atoms with Gasteiger partial charge in [0.25, 0.3) is 5.91 Å². The smallest absolute Gasteiger partial charge is 0.274 e. The Bertz CT molecular complexity index is 699. The third kappa shape index (κ3) is 3.71. The van der Waals surface area contributed by atoms with Gasteiger partial charge in [-0.05, 0) is 44.2 Å². The lowest BCUT2D eigenvalue weighted by Gasteiger charge is -2.31. The molecule has 1 aliphatic heterocycles. The normalized spacial score (nSPS) is 17.3. The Kier molecular flexibility index (Phi) is 5.85. The van der Waals surface area contributed by atoms with E-state index in [9.17, 15) is 4.79 Å². The first-order valence-electron chi connectivity index (χ1n) is 7.82. The zero-order valence-electron chi connectivity index (χ0n) is 14.2. The van der Waals surface area contributed by atoms with E-state index in [1.165, 1.54) is 0 Å². The quantitative estimate of drug-likeness (QED) is 0.920. The second-order valence-corrected chi connectivity index (χ2v) is 5.89. The summed E-state index contributed by atoms with van der Waals surface area (Å²) in [5.74, 6) is 0.790. The van der Waals surface area contributed by atoms with Crippen LogP contribution in [0.3, 0.4) is 0 Å². The average molecular weight is 351 g/mol. The molecule has 1 aromatic heterocycles. The molecule has 2 heterocycles. The summed E-state index contributed by atoms with van der Waals surface area (Å²) in [6, 6.07) is 9.79. The minimum atomic E-state index is -0.00582. The summed E-state index contributed by atoms with van der Waals surface area (Å²) in [6.45, 7) is 6.30. The zero-order valence-corrected chi connectivity index (χ0v) is 15.0. The molecule has 2 aromatic rings. The number of carbonyl (C=O) groups is 1. The molecule has 1 aromatic carbocycles. The number of benzene rings is 1. The molecule has 1 fully saturated rings. The number of nitrogens with one attached hydrogen (secondary N) is 1. The lowest BCUT2D eigenvalue weighted by Crippen LogP contribution is -2.51. The number of hydrogen-bond donors (Lipinski definition) is 1. The summed E-state index contributed by atoms with van der Waals surface area (Å²) in [6.07, 6.45) is 0. The van der Waals surface area contributed by atoms with E-state index in [1.807, 2.05) is 42.2 Å². The van der Waals surface area contributed by atoms with Gasteiger partial charge in [0.15, 0.2) is 5.69 Å². The number of methoxy groups -OCH3 is 1. The first kappa shape index (κ1) is 18.3. The highest BCUT2D eigenvalue weighted by Crippen LogP contribution is 2.17. The molecule has 0 aliphatic carbocycles. The molecule has 6 nitrogen and oxygen atoms in total. The standard InChI is InChI=1S/C17H22N4O2.ClH/c1-12-11-20(9-8-18-12)17(22)16-10-13(2)21(19-16)14-4-6-15(23-3)7-5-14;/h4-7,10,12,18H,8-9,11H2,1-3H3;1H/t12-;/m1./s1. The van der Waals surface area contributed by atoms with Crippen molar-refractivity contribution in [3.05, 3.63) is 41.7 Å². The Hall–Kier alpha value is -2.05. The van der Waals surface area contributed by atoms with Crippen LogP contribution in [0.4, 0.5) is 0 Å². The minimum Gasteiger partial charge on any atom is -0.497 e. The second kappa shape index (κ2) is 7.68.